The van der Waals surface area contributed by atoms with E-state index in [-0.39, 0.29) is 5.41 Å². The zero-order valence-corrected chi connectivity index (χ0v) is 19.8. The van der Waals surface area contributed by atoms with E-state index in [1.54, 1.807) is 0 Å². The molecule has 5 aromatic carbocycles. The highest BCUT2D eigenvalue weighted by Crippen LogP contribution is 2.52. The lowest BCUT2D eigenvalue weighted by Crippen LogP contribution is -2.15. The van der Waals surface area contributed by atoms with Gasteiger partial charge in [0.2, 0.25) is 0 Å². The van der Waals surface area contributed by atoms with Crippen LogP contribution in [0.5, 0.6) is 0 Å². The van der Waals surface area contributed by atoms with Crippen LogP contribution in [0.15, 0.2) is 109 Å². The standard InChI is InChI=1S/C33H24N2/c1-33(2)27-16-7-6-13-23(27)25-20-19-22-24(30(25)33)14-10-15-26(22)32-31(21-11-4-3-5-12-21)34-28-17-8-9-18-29(28)35-32/h3-20H,1-2H3. The van der Waals surface area contributed by atoms with Gasteiger partial charge in [-0.3, -0.25) is 0 Å². The van der Waals surface area contributed by atoms with Crippen LogP contribution in [0.1, 0.15) is 25.0 Å². The van der Waals surface area contributed by atoms with Crippen LogP contribution in [0.4, 0.5) is 0 Å². The normalized spacial score (nSPS) is 13.7. The minimum Gasteiger partial charge on any atom is -0.244 e. The second kappa shape index (κ2) is 7.35. The summed E-state index contributed by atoms with van der Waals surface area (Å²) in [4.78, 5) is 10.3. The molecular weight excluding hydrogens is 424 g/mol. The third kappa shape index (κ3) is 2.90. The molecule has 1 heterocycles. The van der Waals surface area contributed by atoms with Gasteiger partial charge in [-0.05, 0) is 45.2 Å². The first-order valence-corrected chi connectivity index (χ1v) is 12.1. The lowest BCUT2D eigenvalue weighted by Gasteiger charge is -2.23. The highest BCUT2D eigenvalue weighted by Gasteiger charge is 2.36. The number of hydrogen-bond acceptors (Lipinski definition) is 2. The highest BCUT2D eigenvalue weighted by molar-refractivity contribution is 6.05. The van der Waals surface area contributed by atoms with Crippen LogP contribution in [0.3, 0.4) is 0 Å². The first-order chi connectivity index (χ1) is 17.1. The van der Waals surface area contributed by atoms with Crippen LogP contribution < -0.4 is 0 Å². The lowest BCUT2D eigenvalue weighted by atomic mass is 9.79. The van der Waals surface area contributed by atoms with Crippen LogP contribution in [0.25, 0.3) is 55.4 Å². The molecule has 0 N–H and O–H groups in total. The largest absolute Gasteiger partial charge is 0.244 e. The molecule has 0 radical (unpaired) electrons. The van der Waals surface area contributed by atoms with Crippen molar-refractivity contribution in [3.8, 4) is 33.6 Å². The summed E-state index contributed by atoms with van der Waals surface area (Å²) in [6.07, 6.45) is 0. The van der Waals surface area contributed by atoms with Crippen molar-refractivity contribution in [2.45, 2.75) is 19.3 Å². The minimum absolute atomic E-state index is 0.0681. The minimum atomic E-state index is -0.0681. The second-order valence-corrected chi connectivity index (χ2v) is 9.83. The summed E-state index contributed by atoms with van der Waals surface area (Å²) < 4.78 is 0. The molecule has 166 valence electrons. The molecule has 0 amide bonds. The molecule has 0 saturated carbocycles. The summed E-state index contributed by atoms with van der Waals surface area (Å²) in [6, 6.07) is 38.5. The van der Waals surface area contributed by atoms with Gasteiger partial charge in [0.25, 0.3) is 0 Å². The van der Waals surface area contributed by atoms with Crippen molar-refractivity contribution >= 4 is 21.8 Å². The van der Waals surface area contributed by atoms with Gasteiger partial charge in [0.05, 0.1) is 22.4 Å². The van der Waals surface area contributed by atoms with Gasteiger partial charge < -0.3 is 0 Å². The molecule has 1 aromatic heterocycles. The van der Waals surface area contributed by atoms with E-state index in [0.29, 0.717) is 0 Å². The first kappa shape index (κ1) is 20.1. The molecule has 0 unspecified atom stereocenters. The SMILES string of the molecule is CC1(C)c2ccccc2-c2ccc3c(-c4nc5ccccc5nc4-c4ccccc4)cccc3c21. The molecule has 7 rings (SSSR count). The number of hydrogen-bond donors (Lipinski definition) is 0. The van der Waals surface area contributed by atoms with E-state index in [4.69, 9.17) is 9.97 Å². The predicted molar refractivity (Wildman–Crippen MR) is 145 cm³/mol. The highest BCUT2D eigenvalue weighted by atomic mass is 14.8. The summed E-state index contributed by atoms with van der Waals surface area (Å²) >= 11 is 0. The monoisotopic (exact) mass is 448 g/mol. The van der Waals surface area contributed by atoms with Crippen LogP contribution >= 0.6 is 0 Å². The van der Waals surface area contributed by atoms with Crippen molar-refractivity contribution in [2.75, 3.05) is 0 Å². The van der Waals surface area contributed by atoms with Crippen LogP contribution in [-0.2, 0) is 5.41 Å². The van der Waals surface area contributed by atoms with Gasteiger partial charge in [0.1, 0.15) is 0 Å². The van der Waals surface area contributed by atoms with Gasteiger partial charge in [0.15, 0.2) is 0 Å². The molecule has 1 aliphatic rings. The van der Waals surface area contributed by atoms with Crippen molar-refractivity contribution in [1.29, 1.82) is 0 Å². The van der Waals surface area contributed by atoms with Crippen molar-refractivity contribution in [3.63, 3.8) is 0 Å². The summed E-state index contributed by atoms with van der Waals surface area (Å²) in [7, 11) is 0. The Morgan fingerprint density at radius 3 is 1.94 bits per heavy atom. The third-order valence-electron chi connectivity index (χ3n) is 7.45. The number of nitrogens with zero attached hydrogens (tertiary/aromatic N) is 2. The van der Waals surface area contributed by atoms with Crippen molar-refractivity contribution in [2.24, 2.45) is 0 Å². The van der Waals surface area contributed by atoms with E-state index in [0.717, 1.165) is 33.5 Å². The van der Waals surface area contributed by atoms with E-state index < -0.39 is 0 Å². The molecule has 0 bridgehead atoms. The fraction of sp³-hybridized carbons (Fsp3) is 0.0909. The Morgan fingerprint density at radius 1 is 0.486 bits per heavy atom. The summed E-state index contributed by atoms with van der Waals surface area (Å²) in [5.41, 5.74) is 11.3. The number of rotatable bonds is 2. The average Bonchev–Trinajstić information content (AvgIpc) is 3.15. The van der Waals surface area contributed by atoms with Gasteiger partial charge in [-0.25, -0.2) is 9.97 Å². The topological polar surface area (TPSA) is 25.8 Å². The quantitative estimate of drug-likeness (QED) is 0.266. The number of benzene rings is 5. The molecule has 0 aliphatic heterocycles. The zero-order chi connectivity index (χ0) is 23.6. The summed E-state index contributed by atoms with van der Waals surface area (Å²) in [5.74, 6) is 0. The van der Waals surface area contributed by atoms with Crippen LogP contribution in [-0.4, -0.2) is 9.97 Å². The van der Waals surface area contributed by atoms with Crippen molar-refractivity contribution < 1.29 is 0 Å². The maximum atomic E-state index is 5.18. The van der Waals surface area contributed by atoms with E-state index in [1.165, 1.54) is 33.0 Å². The molecule has 1 aliphatic carbocycles. The van der Waals surface area contributed by atoms with E-state index in [1.807, 2.05) is 30.3 Å². The Labute approximate surface area is 204 Å². The molecule has 2 nitrogen and oxygen atoms in total. The maximum Gasteiger partial charge on any atom is 0.0979 e. The lowest BCUT2D eigenvalue weighted by molar-refractivity contribution is 0.666. The summed E-state index contributed by atoms with van der Waals surface area (Å²) in [5, 5.41) is 2.50. The first-order valence-electron chi connectivity index (χ1n) is 12.1. The smallest absolute Gasteiger partial charge is 0.0979 e. The average molecular weight is 449 g/mol. The van der Waals surface area contributed by atoms with Gasteiger partial charge >= 0.3 is 0 Å². The van der Waals surface area contributed by atoms with E-state index in [2.05, 4.69) is 92.7 Å². The molecule has 0 saturated heterocycles. The fourth-order valence-electron chi connectivity index (χ4n) is 5.84. The van der Waals surface area contributed by atoms with E-state index >= 15 is 0 Å². The van der Waals surface area contributed by atoms with E-state index in [9.17, 15) is 0 Å². The molecule has 0 spiro atoms. The Balaban J connectivity index is 1.55. The Bertz CT molecular complexity index is 1760. The molecule has 0 atom stereocenters. The van der Waals surface area contributed by atoms with Crippen LogP contribution in [0.2, 0.25) is 0 Å². The molecule has 6 aromatic rings. The third-order valence-corrected chi connectivity index (χ3v) is 7.45. The van der Waals surface area contributed by atoms with Crippen molar-refractivity contribution in [1.82, 2.24) is 9.97 Å². The van der Waals surface area contributed by atoms with Gasteiger partial charge in [0, 0.05) is 16.5 Å². The van der Waals surface area contributed by atoms with Crippen molar-refractivity contribution in [3.05, 3.63) is 120 Å². The number of fused-ring (bicyclic) bond motifs is 6. The second-order valence-electron chi connectivity index (χ2n) is 9.83. The molecule has 35 heavy (non-hydrogen) atoms. The predicted octanol–water partition coefficient (Wildman–Crippen LogP) is 8.42. The molecule has 0 fully saturated rings. The molecule has 2 heteroatoms. The van der Waals surface area contributed by atoms with Gasteiger partial charge in [-0.15, -0.1) is 0 Å². The maximum absolute atomic E-state index is 5.18. The number of para-hydroxylation sites is 2. The summed E-state index contributed by atoms with van der Waals surface area (Å²) in [6.45, 7) is 4.68. The molecular formula is C33H24N2. The van der Waals surface area contributed by atoms with Gasteiger partial charge in [-0.2, -0.15) is 0 Å². The fourth-order valence-corrected chi connectivity index (χ4v) is 5.84. The Morgan fingerprint density at radius 2 is 1.14 bits per heavy atom. The zero-order valence-electron chi connectivity index (χ0n) is 19.8. The van der Waals surface area contributed by atoms with Crippen LogP contribution in [0, 0.1) is 0 Å². The number of aromatic nitrogens is 2. The van der Waals surface area contributed by atoms with Gasteiger partial charge in [-0.1, -0.05) is 111 Å². The Hall–Kier alpha value is -4.30. The Kier molecular flexibility index (Phi) is 4.22.